The third-order valence-corrected chi connectivity index (χ3v) is 3.58. The van der Waals surface area contributed by atoms with Crippen molar-refractivity contribution in [1.82, 2.24) is 15.3 Å². The predicted molar refractivity (Wildman–Crippen MR) is 86.0 cm³/mol. The van der Waals surface area contributed by atoms with E-state index in [1.807, 2.05) is 43.3 Å². The van der Waals surface area contributed by atoms with Gasteiger partial charge in [0.15, 0.2) is 0 Å². The molecular formula is C16H21N5. The summed E-state index contributed by atoms with van der Waals surface area (Å²) in [4.78, 5) is 9.02. The lowest BCUT2D eigenvalue weighted by atomic mass is 10.1. The third-order valence-electron chi connectivity index (χ3n) is 3.58. The molecule has 1 aromatic heterocycles. The van der Waals surface area contributed by atoms with E-state index in [0.717, 1.165) is 43.1 Å². The highest BCUT2D eigenvalue weighted by Crippen LogP contribution is 2.17. The number of hydrogen-bond donors (Lipinski definition) is 3. The summed E-state index contributed by atoms with van der Waals surface area (Å²) in [6.45, 7) is 4.12. The Balaban J connectivity index is 1.73. The molecular weight excluding hydrogens is 262 g/mol. The summed E-state index contributed by atoms with van der Waals surface area (Å²) in [5.74, 6) is 1.53. The molecule has 2 aromatic rings. The van der Waals surface area contributed by atoms with Gasteiger partial charge in [0, 0.05) is 23.5 Å². The molecule has 0 saturated carbocycles. The van der Waals surface area contributed by atoms with Crippen molar-refractivity contribution in [2.45, 2.75) is 25.8 Å². The second-order valence-electron chi connectivity index (χ2n) is 5.38. The minimum atomic E-state index is 0.491. The van der Waals surface area contributed by atoms with E-state index in [-0.39, 0.29) is 0 Å². The molecule has 5 heteroatoms. The summed E-state index contributed by atoms with van der Waals surface area (Å²) in [6, 6.07) is 12.5. The van der Waals surface area contributed by atoms with Gasteiger partial charge in [0.1, 0.15) is 5.82 Å². The molecule has 3 rings (SSSR count). The quantitative estimate of drug-likeness (QED) is 0.805. The van der Waals surface area contributed by atoms with Crippen LogP contribution in [0.25, 0.3) is 0 Å². The fourth-order valence-electron chi connectivity index (χ4n) is 2.52. The van der Waals surface area contributed by atoms with E-state index in [1.54, 1.807) is 0 Å². The minimum Gasteiger partial charge on any atom is -0.367 e. The van der Waals surface area contributed by atoms with Gasteiger partial charge >= 0.3 is 0 Å². The van der Waals surface area contributed by atoms with Crippen molar-refractivity contribution < 1.29 is 0 Å². The first kappa shape index (κ1) is 13.8. The molecule has 0 amide bonds. The molecule has 0 bridgehead atoms. The number of piperidine rings is 1. The third kappa shape index (κ3) is 3.92. The lowest BCUT2D eigenvalue weighted by Crippen LogP contribution is -2.35. The summed E-state index contributed by atoms with van der Waals surface area (Å²) in [5, 5.41) is 10.1. The van der Waals surface area contributed by atoms with Crippen LogP contribution in [0.5, 0.6) is 0 Å². The minimum absolute atomic E-state index is 0.491. The van der Waals surface area contributed by atoms with E-state index in [0.29, 0.717) is 12.0 Å². The molecule has 0 unspecified atom stereocenters. The molecule has 1 fully saturated rings. The maximum Gasteiger partial charge on any atom is 0.229 e. The Morgan fingerprint density at radius 1 is 1.10 bits per heavy atom. The van der Waals surface area contributed by atoms with Gasteiger partial charge in [-0.2, -0.15) is 4.98 Å². The van der Waals surface area contributed by atoms with Gasteiger partial charge in [0.25, 0.3) is 0 Å². The van der Waals surface area contributed by atoms with Gasteiger partial charge in [-0.15, -0.1) is 0 Å². The van der Waals surface area contributed by atoms with Gasteiger partial charge in [-0.1, -0.05) is 18.2 Å². The summed E-state index contributed by atoms with van der Waals surface area (Å²) >= 11 is 0. The van der Waals surface area contributed by atoms with Crippen molar-refractivity contribution in [3.8, 4) is 0 Å². The van der Waals surface area contributed by atoms with E-state index >= 15 is 0 Å². The molecule has 1 saturated heterocycles. The second-order valence-corrected chi connectivity index (χ2v) is 5.38. The molecule has 2 heterocycles. The fraction of sp³-hybridized carbons (Fsp3) is 0.375. The zero-order valence-corrected chi connectivity index (χ0v) is 12.3. The first-order valence-corrected chi connectivity index (χ1v) is 7.44. The van der Waals surface area contributed by atoms with Crippen molar-refractivity contribution in [1.29, 1.82) is 0 Å². The smallest absolute Gasteiger partial charge is 0.229 e. The van der Waals surface area contributed by atoms with Crippen LogP contribution >= 0.6 is 0 Å². The Bertz CT molecular complexity index is 578. The Labute approximate surface area is 125 Å². The number of hydrogen-bond acceptors (Lipinski definition) is 5. The zero-order chi connectivity index (χ0) is 14.5. The summed E-state index contributed by atoms with van der Waals surface area (Å²) in [6.07, 6.45) is 2.26. The van der Waals surface area contributed by atoms with Crippen molar-refractivity contribution >= 4 is 17.5 Å². The van der Waals surface area contributed by atoms with Gasteiger partial charge in [0.05, 0.1) is 0 Å². The lowest BCUT2D eigenvalue weighted by Gasteiger charge is -2.24. The van der Waals surface area contributed by atoms with E-state index in [4.69, 9.17) is 0 Å². The van der Waals surface area contributed by atoms with Gasteiger partial charge in [-0.25, -0.2) is 4.98 Å². The SMILES string of the molecule is Cc1cc(NC2CCNCC2)nc(Nc2ccccc2)n1. The first-order valence-electron chi connectivity index (χ1n) is 7.44. The maximum absolute atomic E-state index is 4.57. The molecule has 0 aliphatic carbocycles. The maximum atomic E-state index is 4.57. The average molecular weight is 283 g/mol. The molecule has 3 N–H and O–H groups in total. The number of nitrogens with zero attached hydrogens (tertiary/aromatic N) is 2. The zero-order valence-electron chi connectivity index (χ0n) is 12.3. The van der Waals surface area contributed by atoms with Crippen molar-refractivity contribution in [2.75, 3.05) is 23.7 Å². The van der Waals surface area contributed by atoms with Crippen LogP contribution in [0.15, 0.2) is 36.4 Å². The largest absolute Gasteiger partial charge is 0.367 e. The molecule has 110 valence electrons. The summed E-state index contributed by atoms with van der Waals surface area (Å²) in [7, 11) is 0. The summed E-state index contributed by atoms with van der Waals surface area (Å²) < 4.78 is 0. The van der Waals surface area contributed by atoms with Crippen LogP contribution in [0.1, 0.15) is 18.5 Å². The van der Waals surface area contributed by atoms with Crippen LogP contribution in [-0.4, -0.2) is 29.1 Å². The highest BCUT2D eigenvalue weighted by Gasteiger charge is 2.13. The topological polar surface area (TPSA) is 61.9 Å². The molecule has 1 aliphatic heterocycles. The number of anilines is 3. The number of aryl methyl sites for hydroxylation is 1. The first-order chi connectivity index (χ1) is 10.3. The number of para-hydroxylation sites is 1. The van der Waals surface area contributed by atoms with Crippen molar-refractivity contribution in [3.63, 3.8) is 0 Å². The van der Waals surface area contributed by atoms with Crippen molar-refractivity contribution in [3.05, 3.63) is 42.1 Å². The van der Waals surface area contributed by atoms with E-state index in [9.17, 15) is 0 Å². The molecule has 0 spiro atoms. The van der Waals surface area contributed by atoms with Gasteiger partial charge in [0.2, 0.25) is 5.95 Å². The van der Waals surface area contributed by atoms with Crippen LogP contribution in [0.2, 0.25) is 0 Å². The van der Waals surface area contributed by atoms with Crippen molar-refractivity contribution in [2.24, 2.45) is 0 Å². The van der Waals surface area contributed by atoms with Gasteiger partial charge in [-0.3, -0.25) is 0 Å². The second kappa shape index (κ2) is 6.54. The molecule has 1 aromatic carbocycles. The van der Waals surface area contributed by atoms with Crippen LogP contribution in [-0.2, 0) is 0 Å². The standard InChI is InChI=1S/C16H21N5/c1-12-11-15(19-14-7-9-17-10-8-14)21-16(18-12)20-13-5-3-2-4-6-13/h2-6,11,14,17H,7-10H2,1H3,(H2,18,19,20,21). The predicted octanol–water partition coefficient (Wildman–Crippen LogP) is 2.69. The highest BCUT2D eigenvalue weighted by atomic mass is 15.2. The molecule has 5 nitrogen and oxygen atoms in total. The monoisotopic (exact) mass is 283 g/mol. The highest BCUT2D eigenvalue weighted by molar-refractivity contribution is 5.55. The molecule has 1 aliphatic rings. The Morgan fingerprint density at radius 3 is 2.62 bits per heavy atom. The molecule has 0 radical (unpaired) electrons. The average Bonchev–Trinajstić information content (AvgIpc) is 2.48. The Kier molecular flexibility index (Phi) is 4.31. The number of benzene rings is 1. The van der Waals surface area contributed by atoms with Crippen LogP contribution in [0, 0.1) is 6.92 Å². The lowest BCUT2D eigenvalue weighted by molar-refractivity contribution is 0.478. The Hall–Kier alpha value is -2.14. The normalized spacial score (nSPS) is 15.7. The van der Waals surface area contributed by atoms with E-state index in [2.05, 4.69) is 25.9 Å². The van der Waals surface area contributed by atoms with Gasteiger partial charge < -0.3 is 16.0 Å². The van der Waals surface area contributed by atoms with Crippen LogP contribution in [0.4, 0.5) is 17.5 Å². The van der Waals surface area contributed by atoms with E-state index < -0.39 is 0 Å². The number of aromatic nitrogens is 2. The molecule has 21 heavy (non-hydrogen) atoms. The van der Waals surface area contributed by atoms with Gasteiger partial charge in [-0.05, 0) is 45.0 Å². The van der Waals surface area contributed by atoms with E-state index in [1.165, 1.54) is 0 Å². The molecule has 0 atom stereocenters. The fourth-order valence-corrected chi connectivity index (χ4v) is 2.52. The number of rotatable bonds is 4. The Morgan fingerprint density at radius 2 is 1.86 bits per heavy atom. The number of nitrogens with one attached hydrogen (secondary N) is 3. The van der Waals surface area contributed by atoms with Crippen LogP contribution in [0.3, 0.4) is 0 Å². The summed E-state index contributed by atoms with van der Waals surface area (Å²) in [5.41, 5.74) is 1.95. The van der Waals surface area contributed by atoms with Crippen LogP contribution < -0.4 is 16.0 Å².